The minimum absolute atomic E-state index is 0.0228. The van der Waals surface area contributed by atoms with Crippen LogP contribution in [0.25, 0.3) is 0 Å². The van der Waals surface area contributed by atoms with Gasteiger partial charge in [-0.05, 0) is 70.8 Å². The van der Waals surface area contributed by atoms with E-state index in [0.717, 1.165) is 83.6 Å². The molecule has 2 N–H and O–H groups in total. The first-order valence-electron chi connectivity index (χ1n) is 22.0. The molecule has 0 aromatic rings. The maximum Gasteiger partial charge on any atom is 0.508 e. The Kier molecular flexibility index (Phi) is 38.7. The minimum Gasteiger partial charge on any atom is -0.462 e. The number of nitrogens with zero attached hydrogens (tertiary/aromatic N) is 1. The van der Waals surface area contributed by atoms with Crippen LogP contribution in [0.4, 0.5) is 4.79 Å². The molecule has 51 heavy (non-hydrogen) atoms. The summed E-state index contributed by atoms with van der Waals surface area (Å²) >= 11 is 0. The van der Waals surface area contributed by atoms with Crippen molar-refractivity contribution < 1.29 is 34.0 Å². The van der Waals surface area contributed by atoms with Gasteiger partial charge in [-0.1, -0.05) is 143 Å². The molecule has 0 bridgehead atoms. The molecule has 0 rings (SSSR count). The van der Waals surface area contributed by atoms with Gasteiger partial charge in [0.1, 0.15) is 6.10 Å². The van der Waals surface area contributed by atoms with Crippen LogP contribution in [0.3, 0.4) is 0 Å². The number of hydrogen-bond acceptors (Lipinski definition) is 8. The standard InChI is InChI=1S/C43H85NO7/c1-4-7-10-13-16-22-28-37-49-43(48)50-38-29-26-30-40(46)39-44(35-36-45)34-27-21-17-20-25-33-42(47)51-41(31-23-18-14-11-8-5-2)32-24-19-15-12-9-6-3/h40-41,45-46H,4-39H2,1-3H3. The summed E-state index contributed by atoms with van der Waals surface area (Å²) in [7, 11) is 0. The zero-order chi connectivity index (χ0) is 37.5. The van der Waals surface area contributed by atoms with Crippen LogP contribution in [-0.2, 0) is 19.0 Å². The molecule has 8 heteroatoms. The number of aliphatic hydroxyl groups is 2. The van der Waals surface area contributed by atoms with Crippen molar-refractivity contribution in [3.63, 3.8) is 0 Å². The third-order valence-corrected chi connectivity index (χ3v) is 9.92. The third-order valence-electron chi connectivity index (χ3n) is 9.92. The minimum atomic E-state index is -0.596. The van der Waals surface area contributed by atoms with Crippen LogP contribution < -0.4 is 0 Å². The van der Waals surface area contributed by atoms with Gasteiger partial charge in [-0.25, -0.2) is 4.79 Å². The van der Waals surface area contributed by atoms with E-state index in [1.54, 1.807) is 0 Å². The first-order chi connectivity index (χ1) is 25.0. The third kappa shape index (κ3) is 36.8. The number of aliphatic hydroxyl groups excluding tert-OH is 2. The number of carbonyl (C=O) groups excluding carboxylic acids is 2. The molecular weight excluding hydrogens is 642 g/mol. The van der Waals surface area contributed by atoms with Crippen molar-refractivity contribution in [1.82, 2.24) is 4.90 Å². The van der Waals surface area contributed by atoms with Crippen molar-refractivity contribution in [3.8, 4) is 0 Å². The molecule has 0 spiro atoms. The lowest BCUT2D eigenvalue weighted by molar-refractivity contribution is -0.150. The highest BCUT2D eigenvalue weighted by atomic mass is 16.7. The zero-order valence-corrected chi connectivity index (χ0v) is 34.0. The van der Waals surface area contributed by atoms with Crippen molar-refractivity contribution in [2.45, 2.75) is 226 Å². The number of carbonyl (C=O) groups is 2. The molecule has 0 heterocycles. The van der Waals surface area contributed by atoms with Gasteiger partial charge in [0.15, 0.2) is 0 Å². The summed E-state index contributed by atoms with van der Waals surface area (Å²) in [6, 6.07) is 0. The van der Waals surface area contributed by atoms with E-state index < -0.39 is 12.3 Å². The monoisotopic (exact) mass is 728 g/mol. The highest BCUT2D eigenvalue weighted by Gasteiger charge is 2.15. The van der Waals surface area contributed by atoms with Crippen molar-refractivity contribution in [2.75, 3.05) is 39.5 Å². The number of hydrogen-bond donors (Lipinski definition) is 2. The van der Waals surface area contributed by atoms with Gasteiger partial charge in [0.25, 0.3) is 0 Å². The predicted octanol–water partition coefficient (Wildman–Crippen LogP) is 11.5. The second-order valence-corrected chi connectivity index (χ2v) is 15.0. The lowest BCUT2D eigenvalue weighted by Gasteiger charge is -2.24. The predicted molar refractivity (Wildman–Crippen MR) is 212 cm³/mol. The summed E-state index contributed by atoms with van der Waals surface area (Å²) in [6.07, 6.45) is 32.1. The lowest BCUT2D eigenvalue weighted by Crippen LogP contribution is -2.35. The maximum absolute atomic E-state index is 12.7. The van der Waals surface area contributed by atoms with Gasteiger partial charge in [-0.2, -0.15) is 0 Å². The Labute approximate surface area is 315 Å². The lowest BCUT2D eigenvalue weighted by atomic mass is 10.0. The Morgan fingerprint density at radius 2 is 0.961 bits per heavy atom. The highest BCUT2D eigenvalue weighted by molar-refractivity contribution is 5.69. The van der Waals surface area contributed by atoms with Crippen molar-refractivity contribution in [2.24, 2.45) is 0 Å². The fourth-order valence-corrected chi connectivity index (χ4v) is 6.67. The topological polar surface area (TPSA) is 106 Å². The molecule has 0 saturated heterocycles. The largest absolute Gasteiger partial charge is 0.508 e. The van der Waals surface area contributed by atoms with Gasteiger partial charge in [-0.3, -0.25) is 9.69 Å². The summed E-state index contributed by atoms with van der Waals surface area (Å²) in [5, 5.41) is 20.1. The molecule has 1 unspecified atom stereocenters. The summed E-state index contributed by atoms with van der Waals surface area (Å²) in [5.74, 6) is -0.0228. The Hall–Kier alpha value is -1.38. The molecule has 1 atom stereocenters. The molecule has 8 nitrogen and oxygen atoms in total. The van der Waals surface area contributed by atoms with E-state index in [4.69, 9.17) is 14.2 Å². The second kappa shape index (κ2) is 39.8. The molecule has 0 aliphatic carbocycles. The van der Waals surface area contributed by atoms with Crippen LogP contribution >= 0.6 is 0 Å². The highest BCUT2D eigenvalue weighted by Crippen LogP contribution is 2.18. The average Bonchev–Trinajstić information content (AvgIpc) is 3.11. The molecule has 0 aliphatic heterocycles. The molecule has 304 valence electrons. The average molecular weight is 728 g/mol. The van der Waals surface area contributed by atoms with Gasteiger partial charge in [0, 0.05) is 19.5 Å². The van der Waals surface area contributed by atoms with E-state index in [1.807, 2.05) is 0 Å². The summed E-state index contributed by atoms with van der Waals surface area (Å²) in [6.45, 7) is 9.43. The van der Waals surface area contributed by atoms with Gasteiger partial charge in [-0.15, -0.1) is 0 Å². The normalized spacial score (nSPS) is 12.1. The van der Waals surface area contributed by atoms with E-state index in [2.05, 4.69) is 25.7 Å². The van der Waals surface area contributed by atoms with Crippen molar-refractivity contribution >= 4 is 12.1 Å². The molecule has 0 aromatic heterocycles. The molecule has 0 fully saturated rings. The maximum atomic E-state index is 12.7. The summed E-state index contributed by atoms with van der Waals surface area (Å²) in [4.78, 5) is 26.6. The van der Waals surface area contributed by atoms with Crippen LogP contribution in [0.1, 0.15) is 213 Å². The van der Waals surface area contributed by atoms with Gasteiger partial charge >= 0.3 is 12.1 Å². The fourth-order valence-electron chi connectivity index (χ4n) is 6.67. The first-order valence-corrected chi connectivity index (χ1v) is 22.0. The number of rotatable bonds is 40. The van der Waals surface area contributed by atoms with Crippen LogP contribution in [0.2, 0.25) is 0 Å². The van der Waals surface area contributed by atoms with Gasteiger partial charge in [0.05, 0.1) is 25.9 Å². The molecule has 0 saturated carbocycles. The van der Waals surface area contributed by atoms with E-state index in [0.29, 0.717) is 45.6 Å². The van der Waals surface area contributed by atoms with Crippen LogP contribution in [0.5, 0.6) is 0 Å². The van der Waals surface area contributed by atoms with Crippen molar-refractivity contribution in [3.05, 3.63) is 0 Å². The Morgan fingerprint density at radius 3 is 1.49 bits per heavy atom. The number of esters is 1. The van der Waals surface area contributed by atoms with Crippen molar-refractivity contribution in [1.29, 1.82) is 0 Å². The summed E-state index contributed by atoms with van der Waals surface area (Å²) < 4.78 is 16.3. The zero-order valence-electron chi connectivity index (χ0n) is 34.0. The molecule has 0 aliphatic rings. The fraction of sp³-hybridized carbons (Fsp3) is 0.953. The van der Waals surface area contributed by atoms with E-state index >= 15 is 0 Å². The first kappa shape index (κ1) is 49.6. The quantitative estimate of drug-likeness (QED) is 0.0475. The Bertz CT molecular complexity index is 721. The second-order valence-electron chi connectivity index (χ2n) is 15.0. The molecule has 0 aromatic carbocycles. The van der Waals surface area contributed by atoms with E-state index in [9.17, 15) is 19.8 Å². The van der Waals surface area contributed by atoms with Crippen LogP contribution in [-0.4, -0.2) is 78.9 Å². The van der Waals surface area contributed by atoms with E-state index in [-0.39, 0.29) is 18.7 Å². The van der Waals surface area contributed by atoms with E-state index in [1.165, 1.54) is 96.3 Å². The summed E-state index contributed by atoms with van der Waals surface area (Å²) in [5.41, 5.74) is 0. The Morgan fingerprint density at radius 1 is 0.529 bits per heavy atom. The molecule has 0 radical (unpaired) electrons. The van der Waals surface area contributed by atoms with Gasteiger partial charge in [0.2, 0.25) is 0 Å². The van der Waals surface area contributed by atoms with Gasteiger partial charge < -0.3 is 24.4 Å². The molecular formula is C43H85NO7. The Balaban J connectivity index is 4.05. The smallest absolute Gasteiger partial charge is 0.462 e. The SMILES string of the molecule is CCCCCCCCCOC(=O)OCCCCC(O)CN(CCO)CCCCCCCC(=O)OC(CCCCCCCC)CCCCCCCC. The number of unbranched alkanes of at least 4 members (excludes halogenated alkanes) is 21. The van der Waals surface area contributed by atoms with Crippen LogP contribution in [0, 0.1) is 0 Å². The van der Waals surface area contributed by atoms with Crippen LogP contribution in [0.15, 0.2) is 0 Å². The number of ether oxygens (including phenoxy) is 3. The molecule has 0 amide bonds.